The summed E-state index contributed by atoms with van der Waals surface area (Å²) in [7, 11) is 0. The molecule has 0 aromatic heterocycles. The van der Waals surface area contributed by atoms with Gasteiger partial charge in [-0.05, 0) is 63.2 Å². The molecule has 17 heavy (non-hydrogen) atoms. The number of aliphatic carboxylic acids is 1. The smallest absolute Gasteiger partial charge is 0.321 e. The third-order valence-electron chi connectivity index (χ3n) is 4.96. The van der Waals surface area contributed by atoms with Crippen LogP contribution in [0.15, 0.2) is 0 Å². The largest absolute Gasteiger partial charge is 0.480 e. The van der Waals surface area contributed by atoms with Gasteiger partial charge in [-0.25, -0.2) is 5.43 Å². The topological polar surface area (TPSA) is 61.4 Å². The Labute approximate surface area is 102 Å². The van der Waals surface area contributed by atoms with Crippen LogP contribution in [0.2, 0.25) is 0 Å². The predicted molar refractivity (Wildman–Crippen MR) is 64.3 cm³/mol. The molecule has 0 amide bonds. The monoisotopic (exact) mass is 238 g/mol. The average Bonchev–Trinajstić information content (AvgIpc) is 2.24. The summed E-state index contributed by atoms with van der Waals surface area (Å²) in [5, 5.41) is 8.89. The third-order valence-corrected chi connectivity index (χ3v) is 4.96. The van der Waals surface area contributed by atoms with E-state index in [0.717, 1.165) is 17.8 Å². The lowest BCUT2D eigenvalue weighted by Gasteiger charge is -2.57. The Kier molecular flexibility index (Phi) is 2.67. The second kappa shape index (κ2) is 3.95. The van der Waals surface area contributed by atoms with Gasteiger partial charge < -0.3 is 5.11 Å². The van der Waals surface area contributed by atoms with E-state index in [2.05, 4.69) is 10.9 Å². The number of carbonyl (C=O) groups is 1. The van der Waals surface area contributed by atoms with Gasteiger partial charge in [0.1, 0.15) is 6.04 Å². The maximum absolute atomic E-state index is 10.8. The second-order valence-electron chi connectivity index (χ2n) is 6.53. The Morgan fingerprint density at radius 1 is 1.18 bits per heavy atom. The van der Waals surface area contributed by atoms with E-state index < -0.39 is 12.0 Å². The highest BCUT2D eigenvalue weighted by atomic mass is 16.4. The van der Waals surface area contributed by atoms with Crippen molar-refractivity contribution in [2.24, 2.45) is 17.8 Å². The van der Waals surface area contributed by atoms with E-state index in [0.29, 0.717) is 0 Å². The quantitative estimate of drug-likeness (QED) is 0.650. The summed E-state index contributed by atoms with van der Waals surface area (Å²) in [5.41, 5.74) is 6.56. The Balaban J connectivity index is 1.64. The first-order chi connectivity index (χ1) is 8.06. The van der Waals surface area contributed by atoms with E-state index in [1.807, 2.05) is 0 Å². The van der Waals surface area contributed by atoms with Crippen molar-refractivity contribution in [3.8, 4) is 0 Å². The van der Waals surface area contributed by atoms with Gasteiger partial charge in [-0.2, -0.15) is 0 Å². The summed E-state index contributed by atoms with van der Waals surface area (Å²) in [4.78, 5) is 10.8. The Morgan fingerprint density at radius 3 is 2.06 bits per heavy atom. The second-order valence-corrected chi connectivity index (χ2v) is 6.53. The van der Waals surface area contributed by atoms with Crippen LogP contribution in [0.4, 0.5) is 0 Å². The van der Waals surface area contributed by atoms with E-state index in [4.69, 9.17) is 5.11 Å². The van der Waals surface area contributed by atoms with E-state index in [-0.39, 0.29) is 5.54 Å². The van der Waals surface area contributed by atoms with Crippen LogP contribution in [0, 0.1) is 17.8 Å². The van der Waals surface area contributed by atoms with Crippen molar-refractivity contribution in [1.82, 2.24) is 10.9 Å². The molecule has 4 bridgehead atoms. The summed E-state index contributed by atoms with van der Waals surface area (Å²) in [5.74, 6) is 1.87. The van der Waals surface area contributed by atoms with Gasteiger partial charge >= 0.3 is 5.97 Å². The fourth-order valence-electron chi connectivity index (χ4n) is 4.59. The molecule has 4 saturated carbocycles. The molecule has 0 heterocycles. The first-order valence-corrected chi connectivity index (χ1v) is 6.82. The van der Waals surface area contributed by atoms with Crippen molar-refractivity contribution >= 4 is 5.97 Å². The fraction of sp³-hybridized carbons (Fsp3) is 0.923. The number of hydrogen-bond acceptors (Lipinski definition) is 3. The van der Waals surface area contributed by atoms with Crippen LogP contribution in [0.25, 0.3) is 0 Å². The van der Waals surface area contributed by atoms with E-state index >= 15 is 0 Å². The summed E-state index contributed by atoms with van der Waals surface area (Å²) >= 11 is 0. The van der Waals surface area contributed by atoms with Crippen LogP contribution >= 0.6 is 0 Å². The van der Waals surface area contributed by atoms with E-state index in [1.165, 1.54) is 38.5 Å². The van der Waals surface area contributed by atoms with E-state index in [1.54, 1.807) is 6.92 Å². The Bertz CT molecular complexity index is 294. The molecule has 1 unspecified atom stereocenters. The first-order valence-electron chi connectivity index (χ1n) is 6.82. The molecule has 4 heteroatoms. The Morgan fingerprint density at radius 2 is 1.65 bits per heavy atom. The zero-order valence-electron chi connectivity index (χ0n) is 10.4. The predicted octanol–water partition coefficient (Wildman–Crippen LogP) is 1.52. The number of hydrogen-bond donors (Lipinski definition) is 3. The van der Waals surface area contributed by atoms with Gasteiger partial charge in [-0.15, -0.1) is 0 Å². The van der Waals surface area contributed by atoms with Gasteiger partial charge in [0.15, 0.2) is 0 Å². The van der Waals surface area contributed by atoms with Crippen LogP contribution in [0.3, 0.4) is 0 Å². The average molecular weight is 238 g/mol. The van der Waals surface area contributed by atoms with Gasteiger partial charge in [0.2, 0.25) is 0 Å². The van der Waals surface area contributed by atoms with Gasteiger partial charge in [0, 0.05) is 5.54 Å². The minimum atomic E-state index is -0.790. The molecule has 0 spiro atoms. The molecule has 4 aliphatic carbocycles. The van der Waals surface area contributed by atoms with Gasteiger partial charge in [0.25, 0.3) is 0 Å². The van der Waals surface area contributed by atoms with Crippen molar-refractivity contribution in [2.45, 2.75) is 57.0 Å². The molecule has 0 aromatic carbocycles. The third kappa shape index (κ3) is 2.08. The molecule has 1 atom stereocenters. The number of carboxylic acids is 1. The molecule has 4 aliphatic rings. The molecule has 96 valence electrons. The summed E-state index contributed by atoms with van der Waals surface area (Å²) < 4.78 is 0. The fourth-order valence-corrected chi connectivity index (χ4v) is 4.59. The standard InChI is InChI=1S/C13H22N2O2/c1-8(12(16)17)14-15-13-5-9-2-10(6-13)4-11(3-9)7-13/h8-11,14-15H,2-7H2,1H3,(H,16,17). The van der Waals surface area contributed by atoms with Crippen LogP contribution < -0.4 is 10.9 Å². The highest BCUT2D eigenvalue weighted by molar-refractivity contribution is 5.72. The maximum Gasteiger partial charge on any atom is 0.321 e. The van der Waals surface area contributed by atoms with Crippen molar-refractivity contribution in [3.05, 3.63) is 0 Å². The number of carboxylic acid groups (broad SMARTS) is 1. The van der Waals surface area contributed by atoms with Crippen molar-refractivity contribution in [1.29, 1.82) is 0 Å². The normalized spacial score (nSPS) is 44.9. The zero-order chi connectivity index (χ0) is 12.0. The molecular formula is C13H22N2O2. The minimum absolute atomic E-state index is 0.193. The van der Waals surface area contributed by atoms with Gasteiger partial charge in [-0.3, -0.25) is 10.2 Å². The Hall–Kier alpha value is -0.610. The molecule has 3 N–H and O–H groups in total. The molecule has 0 radical (unpaired) electrons. The molecular weight excluding hydrogens is 216 g/mol. The molecule has 0 saturated heterocycles. The molecule has 4 nitrogen and oxygen atoms in total. The SMILES string of the molecule is CC(NNC12CC3CC(CC(C3)C1)C2)C(=O)O. The van der Waals surface area contributed by atoms with Crippen LogP contribution in [-0.2, 0) is 4.79 Å². The lowest BCUT2D eigenvalue weighted by atomic mass is 9.53. The first kappa shape index (κ1) is 11.5. The molecule has 4 rings (SSSR count). The number of hydrazine groups is 1. The molecule has 0 aromatic rings. The number of nitrogens with one attached hydrogen (secondary N) is 2. The van der Waals surface area contributed by atoms with Gasteiger partial charge in [-0.1, -0.05) is 0 Å². The van der Waals surface area contributed by atoms with Crippen molar-refractivity contribution < 1.29 is 9.90 Å². The summed E-state index contributed by atoms with van der Waals surface area (Å²) in [6.45, 7) is 1.69. The van der Waals surface area contributed by atoms with Crippen LogP contribution in [-0.4, -0.2) is 22.7 Å². The lowest BCUT2D eigenvalue weighted by Crippen LogP contribution is -2.63. The van der Waals surface area contributed by atoms with Crippen molar-refractivity contribution in [2.75, 3.05) is 0 Å². The highest BCUT2D eigenvalue weighted by Gasteiger charge is 2.50. The summed E-state index contributed by atoms with van der Waals surface area (Å²) in [6.07, 6.45) is 7.94. The number of rotatable bonds is 4. The molecule has 0 aliphatic heterocycles. The lowest BCUT2D eigenvalue weighted by molar-refractivity contribution is -0.139. The van der Waals surface area contributed by atoms with Gasteiger partial charge in [0.05, 0.1) is 0 Å². The highest BCUT2D eigenvalue weighted by Crippen LogP contribution is 2.55. The van der Waals surface area contributed by atoms with E-state index in [9.17, 15) is 4.79 Å². The van der Waals surface area contributed by atoms with Crippen LogP contribution in [0.1, 0.15) is 45.4 Å². The van der Waals surface area contributed by atoms with Crippen molar-refractivity contribution in [3.63, 3.8) is 0 Å². The van der Waals surface area contributed by atoms with Crippen LogP contribution in [0.5, 0.6) is 0 Å². The maximum atomic E-state index is 10.8. The molecule has 4 fully saturated rings. The zero-order valence-corrected chi connectivity index (χ0v) is 10.4. The minimum Gasteiger partial charge on any atom is -0.480 e. The summed E-state index contributed by atoms with van der Waals surface area (Å²) in [6, 6.07) is -0.511.